The highest BCUT2D eigenvalue weighted by Crippen LogP contribution is 2.44. The molecule has 0 fully saturated rings. The maximum Gasteiger partial charge on any atom is 0.150 e. The van der Waals surface area contributed by atoms with Gasteiger partial charge in [0, 0.05) is 130 Å². The lowest BCUT2D eigenvalue weighted by molar-refractivity contribution is 0.111. The topological polar surface area (TPSA) is 105 Å². The molecule has 0 saturated heterocycles. The number of aldehydes is 5. The number of nitrogens with zero attached hydrogens (tertiary/aromatic N) is 6. The number of hydrogen-bond donors (Lipinski definition) is 0. The van der Waals surface area contributed by atoms with Gasteiger partial charge in [-0.3, -0.25) is 24.0 Å². The van der Waals surface area contributed by atoms with Gasteiger partial charge in [0.05, 0.1) is 0 Å². The van der Waals surface area contributed by atoms with Crippen LogP contribution in [-0.2, 0) is 0 Å². The molecule has 0 aliphatic heterocycles. The van der Waals surface area contributed by atoms with Gasteiger partial charge in [0.1, 0.15) is 31.4 Å². The number of carbonyl (C=O) groups is 5. The number of carbonyl (C=O) groups excluding carboxylic acids is 5. The van der Waals surface area contributed by atoms with Gasteiger partial charge in [0.25, 0.3) is 0 Å². The molecule has 18 aromatic rings. The molecule has 18 aromatic carbocycles. The summed E-state index contributed by atoms with van der Waals surface area (Å²) >= 11 is 0. The average Bonchev–Trinajstić information content (AvgIpc) is 0.799. The Morgan fingerprint density at radius 3 is 0.383 bits per heavy atom. The zero-order chi connectivity index (χ0) is 92.7. The van der Waals surface area contributed by atoms with Crippen molar-refractivity contribution in [2.24, 2.45) is 0 Å². The third-order valence-corrected chi connectivity index (χ3v) is 23.2. The second-order valence-corrected chi connectivity index (χ2v) is 33.3. The second kappa shape index (κ2) is 43.3. The van der Waals surface area contributed by atoms with Crippen molar-refractivity contribution in [1.29, 1.82) is 0 Å². The first kappa shape index (κ1) is 90.9. The Hall–Kier alpha value is -16.9. The van der Waals surface area contributed by atoms with Gasteiger partial charge in [-0.2, -0.15) is 0 Å². The summed E-state index contributed by atoms with van der Waals surface area (Å²) in [6.45, 7) is 18.8. The summed E-state index contributed by atoms with van der Waals surface area (Å²) in [5.74, 6) is 0. The van der Waals surface area contributed by atoms with E-state index in [4.69, 9.17) is 0 Å². The summed E-state index contributed by atoms with van der Waals surface area (Å²) < 4.78 is 0. The van der Waals surface area contributed by atoms with E-state index in [0.717, 1.165) is 156 Å². The fourth-order valence-corrected chi connectivity index (χ4v) is 15.7. The van der Waals surface area contributed by atoms with Crippen LogP contribution in [-0.4, -0.2) is 31.4 Å². The molecule has 133 heavy (non-hydrogen) atoms. The Kier molecular flexibility index (Phi) is 29.6. The highest BCUT2D eigenvalue weighted by molar-refractivity contribution is 5.89. The lowest BCUT2D eigenvalue weighted by Gasteiger charge is -2.26. The van der Waals surface area contributed by atoms with Gasteiger partial charge in [-0.15, -0.1) is 0 Å². The molecule has 0 spiro atoms. The Labute approximate surface area is 781 Å². The third-order valence-electron chi connectivity index (χ3n) is 23.2. The first-order valence-electron chi connectivity index (χ1n) is 44.4. The predicted octanol–water partition coefficient (Wildman–Crippen LogP) is 32.7. The quantitative estimate of drug-likeness (QED) is 0.0511. The molecule has 0 N–H and O–H groups in total. The summed E-state index contributed by atoms with van der Waals surface area (Å²) in [5, 5.41) is 0. The molecule has 0 aliphatic rings. The van der Waals surface area contributed by atoms with E-state index in [1.165, 1.54) is 50.1 Å². The molecule has 652 valence electrons. The number of anilines is 18. The minimum absolute atomic E-state index is 0.648. The summed E-state index contributed by atoms with van der Waals surface area (Å²) in [4.78, 5) is 69.0. The van der Waals surface area contributed by atoms with Crippen LogP contribution in [0, 0.1) is 62.3 Å². The first-order valence-corrected chi connectivity index (χ1v) is 44.4. The largest absolute Gasteiger partial charge is 0.311 e. The predicted molar refractivity (Wildman–Crippen MR) is 554 cm³/mol. The molecule has 0 unspecified atom stereocenters. The van der Waals surface area contributed by atoms with Gasteiger partial charge < -0.3 is 29.4 Å². The number of aryl methyl sites for hydroxylation is 9. The van der Waals surface area contributed by atoms with E-state index in [9.17, 15) is 24.0 Å². The number of benzene rings is 18. The van der Waals surface area contributed by atoms with Crippen LogP contribution < -0.4 is 29.4 Å². The lowest BCUT2D eigenvalue weighted by atomic mass is 10.0. The third kappa shape index (κ3) is 23.0. The standard InChI is InChI=1S/C40H32N2O2.C40H34N2O.2C21H19NO/c1-29-3-15-35(16-4-29)41(37-19-7-31(27-43)8-20-37)39-23-11-33(12-24-39)34-13-25-40(26-14-34)42(36-17-5-30(2)6-18-36)38-21-9-32(28-44)10-22-38;1-29-4-16-35(17-5-29)41(36-18-6-30(2)7-19-36)39-24-12-33(13-25-39)34-14-26-40(27-15-34)42(37-20-8-31(3)9-21-37)38-22-10-32(28-43)11-23-38;1-16-3-9-19(10-4-16)22(20-11-5-17(2)6-12-20)21-13-7-18(15-23)8-14-21;1-16-6-10-19(11-7-16)22(20-12-8-17(2)9-13-20)21-5-3-4-18(14-21)15-23/h3-28H,1-2H3;4-28H,1-3H3;2*3-15H,1-2H3. The van der Waals surface area contributed by atoms with E-state index >= 15 is 0 Å². The number of rotatable bonds is 25. The smallest absolute Gasteiger partial charge is 0.150 e. The molecule has 0 heterocycles. The van der Waals surface area contributed by atoms with Crippen LogP contribution in [0.15, 0.2) is 437 Å². The molecule has 18 rings (SSSR count). The summed E-state index contributed by atoms with van der Waals surface area (Å²) in [6, 6.07) is 149. The molecular formula is C122H104N6O5. The fourth-order valence-electron chi connectivity index (χ4n) is 15.7. The molecule has 0 saturated carbocycles. The molecule has 0 amide bonds. The van der Waals surface area contributed by atoms with E-state index < -0.39 is 0 Å². The Bertz CT molecular complexity index is 6600. The van der Waals surface area contributed by atoms with Crippen LogP contribution in [0.2, 0.25) is 0 Å². The Morgan fingerprint density at radius 2 is 0.248 bits per heavy atom. The van der Waals surface area contributed by atoms with Gasteiger partial charge in [-0.25, -0.2) is 0 Å². The molecule has 11 nitrogen and oxygen atoms in total. The van der Waals surface area contributed by atoms with E-state index in [0.29, 0.717) is 27.8 Å². The van der Waals surface area contributed by atoms with Crippen molar-refractivity contribution < 1.29 is 24.0 Å². The molecule has 0 bridgehead atoms. The molecule has 11 heteroatoms. The average molecular weight is 1730 g/mol. The monoisotopic (exact) mass is 1730 g/mol. The maximum atomic E-state index is 11.2. The maximum absolute atomic E-state index is 11.2. The van der Waals surface area contributed by atoms with Gasteiger partial charge in [0.2, 0.25) is 0 Å². The van der Waals surface area contributed by atoms with Crippen molar-refractivity contribution in [2.45, 2.75) is 62.3 Å². The van der Waals surface area contributed by atoms with Crippen LogP contribution in [0.25, 0.3) is 22.3 Å². The van der Waals surface area contributed by atoms with Gasteiger partial charge in [-0.1, -0.05) is 220 Å². The lowest BCUT2D eigenvalue weighted by Crippen LogP contribution is -2.10. The number of hydrogen-bond acceptors (Lipinski definition) is 11. The zero-order valence-electron chi connectivity index (χ0n) is 76.2. The highest BCUT2D eigenvalue weighted by Gasteiger charge is 2.21. The van der Waals surface area contributed by atoms with E-state index in [2.05, 4.69) is 407 Å². The SMILES string of the molecule is Cc1ccc(N(c2ccc(C)cc2)c2ccc(-c3ccc(N(c4ccc(C)cc4)c4ccc(C=O)cc4)cc3)cc2)cc1.Cc1ccc(N(c2ccc(C)cc2)c2ccc(C=O)cc2)cc1.Cc1ccc(N(c2ccc(C)cc2)c2cccc(C=O)c2)cc1.Cc1ccc(N(c2ccc(C=O)cc2)c2ccc(-c3ccc(N(c4ccc(C)cc4)c4ccc(C=O)cc4)cc3)cc2)cc1. The minimum Gasteiger partial charge on any atom is -0.311 e. The van der Waals surface area contributed by atoms with Crippen molar-refractivity contribution in [1.82, 2.24) is 0 Å². The minimum atomic E-state index is 0.648. The van der Waals surface area contributed by atoms with Crippen molar-refractivity contribution in [3.8, 4) is 22.3 Å². The normalized spacial score (nSPS) is 10.6. The molecule has 0 aliphatic carbocycles. The van der Waals surface area contributed by atoms with Crippen molar-refractivity contribution in [2.75, 3.05) is 29.4 Å². The van der Waals surface area contributed by atoms with E-state index in [-0.39, 0.29) is 0 Å². The fraction of sp³-hybridized carbons (Fsp3) is 0.0738. The van der Waals surface area contributed by atoms with Gasteiger partial charge in [-0.05, 0) is 351 Å². The Morgan fingerprint density at radius 1 is 0.128 bits per heavy atom. The summed E-state index contributed by atoms with van der Waals surface area (Å²) in [5.41, 5.74) is 37.7. The van der Waals surface area contributed by atoms with Crippen molar-refractivity contribution in [3.63, 3.8) is 0 Å². The van der Waals surface area contributed by atoms with Crippen LogP contribution in [0.4, 0.5) is 102 Å². The summed E-state index contributed by atoms with van der Waals surface area (Å²) in [6.07, 6.45) is 4.35. The molecule has 0 aromatic heterocycles. The Balaban J connectivity index is 0.000000141. The van der Waals surface area contributed by atoms with Crippen LogP contribution in [0.5, 0.6) is 0 Å². The van der Waals surface area contributed by atoms with Crippen molar-refractivity contribution in [3.05, 3.63) is 515 Å². The summed E-state index contributed by atoms with van der Waals surface area (Å²) in [7, 11) is 0. The van der Waals surface area contributed by atoms with E-state index in [1.807, 2.05) is 121 Å². The second-order valence-electron chi connectivity index (χ2n) is 33.3. The van der Waals surface area contributed by atoms with E-state index in [1.54, 1.807) is 0 Å². The first-order chi connectivity index (χ1) is 64.8. The van der Waals surface area contributed by atoms with Crippen molar-refractivity contribution >= 4 is 134 Å². The van der Waals surface area contributed by atoms with Crippen LogP contribution >= 0.6 is 0 Å². The van der Waals surface area contributed by atoms with Crippen LogP contribution in [0.1, 0.15) is 102 Å². The molecule has 0 radical (unpaired) electrons. The molecule has 0 atom stereocenters. The van der Waals surface area contributed by atoms with Gasteiger partial charge in [0.15, 0.2) is 0 Å². The highest BCUT2D eigenvalue weighted by atomic mass is 16.1. The van der Waals surface area contributed by atoms with Crippen LogP contribution in [0.3, 0.4) is 0 Å². The molecular weight excluding hydrogens is 1630 g/mol. The zero-order valence-corrected chi connectivity index (χ0v) is 76.2. The van der Waals surface area contributed by atoms with Gasteiger partial charge >= 0.3 is 0 Å².